The van der Waals surface area contributed by atoms with Crippen LogP contribution in [-0.4, -0.2) is 0 Å². The van der Waals surface area contributed by atoms with Crippen molar-refractivity contribution in [3.8, 4) is 0 Å². The van der Waals surface area contributed by atoms with Crippen LogP contribution in [0.1, 0.15) is 28.3 Å². The minimum Gasteiger partial charge on any atom is -0.118 e. The summed E-state index contributed by atoms with van der Waals surface area (Å²) in [5.41, 5.74) is 2.41. The lowest BCUT2D eigenvalue weighted by molar-refractivity contribution is 0.855. The van der Waals surface area contributed by atoms with E-state index < -0.39 is 0 Å². The highest BCUT2D eigenvalue weighted by molar-refractivity contribution is 6.25. The second kappa shape index (κ2) is 2.69. The van der Waals surface area contributed by atoms with Gasteiger partial charge in [0.2, 0.25) is 0 Å². The smallest absolute Gasteiger partial charge is 0.0605 e. The second-order valence-electron chi connectivity index (χ2n) is 2.80. The summed E-state index contributed by atoms with van der Waals surface area (Å²) in [6.07, 6.45) is 0.864. The molecule has 1 aliphatic rings. The molecule has 0 amide bonds. The van der Waals surface area contributed by atoms with E-state index in [2.05, 4.69) is 12.1 Å². The highest BCUT2D eigenvalue weighted by atomic mass is 35.5. The first-order valence-electron chi connectivity index (χ1n) is 3.66. The maximum Gasteiger partial charge on any atom is 0.0605 e. The average molecular weight is 187 g/mol. The van der Waals surface area contributed by atoms with Gasteiger partial charge in [-0.2, -0.15) is 0 Å². The summed E-state index contributed by atoms with van der Waals surface area (Å²) in [5, 5.41) is 0.238. The van der Waals surface area contributed by atoms with Crippen LogP contribution < -0.4 is 0 Å². The third kappa shape index (κ3) is 1.15. The molecule has 1 aliphatic carbocycles. The Hall–Kier alpha value is -0.200. The average Bonchev–Trinajstić information content (AvgIpc) is 2.30. The first-order valence-corrected chi connectivity index (χ1v) is 4.53. The fraction of sp³-hybridized carbons (Fsp3) is 0.333. The van der Waals surface area contributed by atoms with Gasteiger partial charge < -0.3 is 0 Å². The van der Waals surface area contributed by atoms with Crippen molar-refractivity contribution in [3.05, 3.63) is 35.4 Å². The van der Waals surface area contributed by atoms with Crippen LogP contribution in [0.5, 0.6) is 0 Å². The van der Waals surface area contributed by atoms with Crippen molar-refractivity contribution in [1.82, 2.24) is 0 Å². The summed E-state index contributed by atoms with van der Waals surface area (Å²) >= 11 is 12.1. The molecule has 0 bridgehead atoms. The molecule has 1 aromatic rings. The third-order valence-electron chi connectivity index (χ3n) is 2.08. The van der Waals surface area contributed by atoms with E-state index in [9.17, 15) is 0 Å². The predicted octanol–water partition coefficient (Wildman–Crippen LogP) is 3.65. The molecule has 2 atom stereocenters. The zero-order valence-corrected chi connectivity index (χ0v) is 7.44. The SMILES string of the molecule is ClC1CC(Cl)c2ccccc21. The lowest BCUT2D eigenvalue weighted by atomic mass is 10.1. The third-order valence-corrected chi connectivity index (χ3v) is 2.91. The standard InChI is InChI=1S/C9H8Cl2/c10-8-5-9(11)7-4-2-1-3-6(7)8/h1-4,8-9H,5H2. The zero-order chi connectivity index (χ0) is 7.84. The molecule has 0 spiro atoms. The van der Waals surface area contributed by atoms with Gasteiger partial charge in [-0.15, -0.1) is 23.2 Å². The number of hydrogen-bond donors (Lipinski definition) is 0. The summed E-state index contributed by atoms with van der Waals surface area (Å²) in [7, 11) is 0. The monoisotopic (exact) mass is 186 g/mol. The van der Waals surface area contributed by atoms with E-state index >= 15 is 0 Å². The normalized spacial score (nSPS) is 28.5. The fourth-order valence-electron chi connectivity index (χ4n) is 1.52. The first-order chi connectivity index (χ1) is 5.29. The Kier molecular flexibility index (Phi) is 1.82. The molecule has 0 nitrogen and oxygen atoms in total. The second-order valence-corrected chi connectivity index (χ2v) is 3.85. The summed E-state index contributed by atoms with van der Waals surface area (Å²) in [6, 6.07) is 8.11. The van der Waals surface area contributed by atoms with Gasteiger partial charge in [-0.3, -0.25) is 0 Å². The van der Waals surface area contributed by atoms with Crippen molar-refractivity contribution in [2.24, 2.45) is 0 Å². The van der Waals surface area contributed by atoms with Crippen molar-refractivity contribution in [3.63, 3.8) is 0 Å². The van der Waals surface area contributed by atoms with Crippen LogP contribution in [0.2, 0.25) is 0 Å². The van der Waals surface area contributed by atoms with Gasteiger partial charge in [-0.05, 0) is 17.5 Å². The van der Waals surface area contributed by atoms with Gasteiger partial charge in [0, 0.05) is 0 Å². The topological polar surface area (TPSA) is 0 Å². The van der Waals surface area contributed by atoms with Gasteiger partial charge in [-0.1, -0.05) is 24.3 Å². The predicted molar refractivity (Wildman–Crippen MR) is 48.2 cm³/mol. The van der Waals surface area contributed by atoms with Gasteiger partial charge in [0.1, 0.15) is 0 Å². The van der Waals surface area contributed by atoms with Crippen molar-refractivity contribution in [1.29, 1.82) is 0 Å². The van der Waals surface area contributed by atoms with Crippen LogP contribution in [0.15, 0.2) is 24.3 Å². The maximum atomic E-state index is 6.05. The van der Waals surface area contributed by atoms with E-state index in [1.54, 1.807) is 0 Å². The molecule has 2 rings (SSSR count). The van der Waals surface area contributed by atoms with Crippen LogP contribution in [0, 0.1) is 0 Å². The highest BCUT2D eigenvalue weighted by Crippen LogP contribution is 2.45. The Morgan fingerprint density at radius 1 is 1.00 bits per heavy atom. The molecule has 0 aliphatic heterocycles. The molecule has 1 aromatic carbocycles. The van der Waals surface area contributed by atoms with E-state index in [0.29, 0.717) is 0 Å². The highest BCUT2D eigenvalue weighted by Gasteiger charge is 2.27. The fourth-order valence-corrected chi connectivity index (χ4v) is 2.36. The number of benzene rings is 1. The Morgan fingerprint density at radius 2 is 1.45 bits per heavy atom. The summed E-state index contributed by atoms with van der Waals surface area (Å²) in [6.45, 7) is 0. The number of hydrogen-bond acceptors (Lipinski definition) is 0. The first kappa shape index (κ1) is 7.45. The van der Waals surface area contributed by atoms with Crippen LogP contribution >= 0.6 is 23.2 Å². The number of alkyl halides is 2. The minimum atomic E-state index is 0.119. The van der Waals surface area contributed by atoms with Crippen LogP contribution in [0.4, 0.5) is 0 Å². The molecule has 0 heterocycles. The molecule has 0 radical (unpaired) electrons. The van der Waals surface area contributed by atoms with Crippen molar-refractivity contribution < 1.29 is 0 Å². The Morgan fingerprint density at radius 3 is 1.91 bits per heavy atom. The molecule has 0 saturated carbocycles. The molecule has 0 fully saturated rings. The molecule has 0 N–H and O–H groups in total. The molecule has 2 unspecified atom stereocenters. The summed E-state index contributed by atoms with van der Waals surface area (Å²) in [4.78, 5) is 0. The molecule has 11 heavy (non-hydrogen) atoms. The van der Waals surface area contributed by atoms with Gasteiger partial charge >= 0.3 is 0 Å². The van der Waals surface area contributed by atoms with Crippen molar-refractivity contribution in [2.45, 2.75) is 17.2 Å². The molecule has 0 saturated heterocycles. The maximum absolute atomic E-state index is 6.05. The van der Waals surface area contributed by atoms with E-state index in [0.717, 1.165) is 6.42 Å². The van der Waals surface area contributed by atoms with Crippen LogP contribution in [0.25, 0.3) is 0 Å². The van der Waals surface area contributed by atoms with Gasteiger partial charge in [0.25, 0.3) is 0 Å². The zero-order valence-electron chi connectivity index (χ0n) is 5.93. The minimum absolute atomic E-state index is 0.119. The summed E-state index contributed by atoms with van der Waals surface area (Å²) < 4.78 is 0. The Labute approximate surface area is 76.1 Å². The molecule has 2 heteroatoms. The van der Waals surface area contributed by atoms with Gasteiger partial charge in [0.15, 0.2) is 0 Å². The van der Waals surface area contributed by atoms with Gasteiger partial charge in [-0.25, -0.2) is 0 Å². The Bertz CT molecular complexity index is 243. The van der Waals surface area contributed by atoms with Gasteiger partial charge in [0.05, 0.1) is 10.8 Å². The lowest BCUT2D eigenvalue weighted by Crippen LogP contribution is -1.81. The van der Waals surface area contributed by atoms with E-state index in [1.807, 2.05) is 12.1 Å². The van der Waals surface area contributed by atoms with Crippen molar-refractivity contribution in [2.75, 3.05) is 0 Å². The van der Waals surface area contributed by atoms with E-state index in [-0.39, 0.29) is 10.8 Å². The molecular weight excluding hydrogens is 179 g/mol. The molecule has 0 aromatic heterocycles. The number of rotatable bonds is 0. The largest absolute Gasteiger partial charge is 0.118 e. The van der Waals surface area contributed by atoms with E-state index in [4.69, 9.17) is 23.2 Å². The summed E-state index contributed by atoms with van der Waals surface area (Å²) in [5.74, 6) is 0. The number of halogens is 2. The molecular formula is C9H8Cl2. The quantitative estimate of drug-likeness (QED) is 0.543. The van der Waals surface area contributed by atoms with Crippen LogP contribution in [0.3, 0.4) is 0 Å². The molecule has 58 valence electrons. The number of fused-ring (bicyclic) bond motifs is 1. The van der Waals surface area contributed by atoms with Crippen LogP contribution in [-0.2, 0) is 0 Å². The van der Waals surface area contributed by atoms with Crippen molar-refractivity contribution >= 4 is 23.2 Å². The van der Waals surface area contributed by atoms with E-state index in [1.165, 1.54) is 11.1 Å². The lowest BCUT2D eigenvalue weighted by Gasteiger charge is -1.99. The Balaban J connectivity index is 2.52.